The Balaban J connectivity index is 1.74. The van der Waals surface area contributed by atoms with Crippen molar-refractivity contribution < 1.29 is 9.59 Å². The summed E-state index contributed by atoms with van der Waals surface area (Å²) in [6.07, 6.45) is 3.49. The average Bonchev–Trinajstić information content (AvgIpc) is 2.80. The maximum Gasteiger partial charge on any atom is 0.245 e. The molecule has 0 bridgehead atoms. The molecular formula is C26H34ClN3O2. The third kappa shape index (κ3) is 6.57. The minimum absolute atomic E-state index is 0.0194. The van der Waals surface area contributed by atoms with Crippen LogP contribution >= 0.6 is 11.6 Å². The highest BCUT2D eigenvalue weighted by Gasteiger charge is 2.28. The number of rotatable bonds is 10. The van der Waals surface area contributed by atoms with Gasteiger partial charge in [-0.3, -0.25) is 9.59 Å². The fraction of sp³-hybridized carbons (Fsp3) is 0.462. The zero-order valence-corrected chi connectivity index (χ0v) is 19.8. The number of fused-ring (bicyclic) bond motifs is 1. The van der Waals surface area contributed by atoms with Gasteiger partial charge in [0.25, 0.3) is 0 Å². The SMILES string of the molecule is CCCN(CCC)C(=O)C(Cc1ccc(Cl)cc1)NC(=O)CC1NCCc2ccccc21. The van der Waals surface area contributed by atoms with Gasteiger partial charge in [-0.05, 0) is 54.6 Å². The molecule has 2 atom stereocenters. The third-order valence-electron chi connectivity index (χ3n) is 5.89. The highest BCUT2D eigenvalue weighted by Crippen LogP contribution is 2.25. The molecular weight excluding hydrogens is 422 g/mol. The quantitative estimate of drug-likeness (QED) is 0.561. The molecule has 172 valence electrons. The smallest absolute Gasteiger partial charge is 0.245 e. The summed E-state index contributed by atoms with van der Waals surface area (Å²) < 4.78 is 0. The van der Waals surface area contributed by atoms with Crippen molar-refractivity contribution in [2.75, 3.05) is 19.6 Å². The molecule has 1 aliphatic heterocycles. The van der Waals surface area contributed by atoms with Gasteiger partial charge in [0.1, 0.15) is 6.04 Å². The molecule has 2 N–H and O–H groups in total. The number of benzene rings is 2. The topological polar surface area (TPSA) is 61.4 Å². The summed E-state index contributed by atoms with van der Waals surface area (Å²) in [6.45, 7) is 6.36. The number of hydrogen-bond donors (Lipinski definition) is 2. The molecule has 2 unspecified atom stereocenters. The normalized spacial score (nSPS) is 16.2. The van der Waals surface area contributed by atoms with Gasteiger partial charge in [0.2, 0.25) is 11.8 Å². The second-order valence-electron chi connectivity index (χ2n) is 8.44. The molecule has 32 heavy (non-hydrogen) atoms. The van der Waals surface area contributed by atoms with E-state index < -0.39 is 6.04 Å². The van der Waals surface area contributed by atoms with Gasteiger partial charge in [0, 0.05) is 37.0 Å². The minimum atomic E-state index is -0.597. The number of amides is 2. The average molecular weight is 456 g/mol. The van der Waals surface area contributed by atoms with Gasteiger partial charge >= 0.3 is 0 Å². The fourth-order valence-corrected chi connectivity index (χ4v) is 4.49. The number of nitrogens with one attached hydrogen (secondary N) is 2. The van der Waals surface area contributed by atoms with Crippen molar-refractivity contribution in [2.45, 2.75) is 58.0 Å². The van der Waals surface area contributed by atoms with Crippen LogP contribution in [0.2, 0.25) is 5.02 Å². The van der Waals surface area contributed by atoms with E-state index in [1.165, 1.54) is 11.1 Å². The first kappa shape index (κ1) is 24.3. The summed E-state index contributed by atoms with van der Waals surface area (Å²) in [7, 11) is 0. The number of carbonyl (C=O) groups is 2. The highest BCUT2D eigenvalue weighted by atomic mass is 35.5. The van der Waals surface area contributed by atoms with Crippen LogP contribution in [0, 0.1) is 0 Å². The summed E-state index contributed by atoms with van der Waals surface area (Å²) >= 11 is 6.03. The Morgan fingerprint density at radius 3 is 2.47 bits per heavy atom. The zero-order chi connectivity index (χ0) is 22.9. The molecule has 0 spiro atoms. The lowest BCUT2D eigenvalue weighted by Crippen LogP contribution is -2.50. The zero-order valence-electron chi connectivity index (χ0n) is 19.1. The molecule has 1 aliphatic rings. The van der Waals surface area contributed by atoms with Crippen LogP contribution in [0.1, 0.15) is 55.8 Å². The first-order chi connectivity index (χ1) is 15.5. The van der Waals surface area contributed by atoms with Gasteiger partial charge in [-0.15, -0.1) is 0 Å². The largest absolute Gasteiger partial charge is 0.344 e. The van der Waals surface area contributed by atoms with E-state index in [4.69, 9.17) is 11.6 Å². The Bertz CT molecular complexity index is 894. The van der Waals surface area contributed by atoms with Crippen LogP contribution in [0.3, 0.4) is 0 Å². The van der Waals surface area contributed by atoms with Gasteiger partial charge in [-0.1, -0.05) is 61.8 Å². The van der Waals surface area contributed by atoms with Gasteiger partial charge in [0.05, 0.1) is 0 Å². The number of hydrogen-bond acceptors (Lipinski definition) is 3. The molecule has 6 heteroatoms. The summed E-state index contributed by atoms with van der Waals surface area (Å²) in [5.41, 5.74) is 3.44. The van der Waals surface area contributed by atoms with Crippen LogP contribution in [-0.2, 0) is 22.4 Å². The molecule has 2 aromatic carbocycles. The van der Waals surface area contributed by atoms with Crippen LogP contribution < -0.4 is 10.6 Å². The molecule has 0 aliphatic carbocycles. The Hall–Kier alpha value is -2.37. The van der Waals surface area contributed by atoms with E-state index in [2.05, 4.69) is 36.6 Å². The van der Waals surface area contributed by atoms with Crippen molar-refractivity contribution in [3.05, 3.63) is 70.2 Å². The van der Waals surface area contributed by atoms with Crippen molar-refractivity contribution >= 4 is 23.4 Å². The van der Waals surface area contributed by atoms with Crippen molar-refractivity contribution in [1.82, 2.24) is 15.5 Å². The van der Waals surface area contributed by atoms with Crippen LogP contribution in [0.4, 0.5) is 0 Å². The Labute approximate surface area is 196 Å². The van der Waals surface area contributed by atoms with Gasteiger partial charge in [-0.25, -0.2) is 0 Å². The molecule has 1 heterocycles. The van der Waals surface area contributed by atoms with Crippen molar-refractivity contribution in [2.24, 2.45) is 0 Å². The van der Waals surface area contributed by atoms with E-state index in [-0.39, 0.29) is 17.9 Å². The van der Waals surface area contributed by atoms with E-state index in [1.54, 1.807) is 0 Å². The lowest BCUT2D eigenvalue weighted by atomic mass is 9.92. The lowest BCUT2D eigenvalue weighted by molar-refractivity contribution is -0.136. The van der Waals surface area contributed by atoms with E-state index >= 15 is 0 Å². The summed E-state index contributed by atoms with van der Waals surface area (Å²) in [4.78, 5) is 28.3. The first-order valence-corrected chi connectivity index (χ1v) is 12.0. The van der Waals surface area contributed by atoms with E-state index in [1.807, 2.05) is 41.3 Å². The van der Waals surface area contributed by atoms with E-state index in [9.17, 15) is 9.59 Å². The molecule has 2 aromatic rings. The van der Waals surface area contributed by atoms with Crippen LogP contribution in [0.5, 0.6) is 0 Å². The lowest BCUT2D eigenvalue weighted by Gasteiger charge is -2.29. The predicted molar refractivity (Wildman–Crippen MR) is 130 cm³/mol. The van der Waals surface area contributed by atoms with E-state index in [0.29, 0.717) is 31.0 Å². The van der Waals surface area contributed by atoms with Crippen LogP contribution in [0.15, 0.2) is 48.5 Å². The summed E-state index contributed by atoms with van der Waals surface area (Å²) in [5.74, 6) is -0.131. The number of halogens is 1. The van der Waals surface area contributed by atoms with Gasteiger partial charge < -0.3 is 15.5 Å². The van der Waals surface area contributed by atoms with Crippen LogP contribution in [0.25, 0.3) is 0 Å². The second kappa shape index (κ2) is 12.0. The first-order valence-electron chi connectivity index (χ1n) is 11.7. The third-order valence-corrected chi connectivity index (χ3v) is 6.14. The maximum atomic E-state index is 13.4. The Morgan fingerprint density at radius 2 is 1.78 bits per heavy atom. The molecule has 2 amide bonds. The van der Waals surface area contributed by atoms with Gasteiger partial charge in [0.15, 0.2) is 0 Å². The predicted octanol–water partition coefficient (Wildman–Crippen LogP) is 4.29. The van der Waals surface area contributed by atoms with Crippen molar-refractivity contribution in [1.29, 1.82) is 0 Å². The molecule has 3 rings (SSSR count). The fourth-order valence-electron chi connectivity index (χ4n) is 4.36. The minimum Gasteiger partial charge on any atom is -0.344 e. The monoisotopic (exact) mass is 455 g/mol. The van der Waals surface area contributed by atoms with Gasteiger partial charge in [-0.2, -0.15) is 0 Å². The molecule has 0 fully saturated rings. The Morgan fingerprint density at radius 1 is 1.09 bits per heavy atom. The molecule has 0 saturated carbocycles. The highest BCUT2D eigenvalue weighted by molar-refractivity contribution is 6.30. The summed E-state index contributed by atoms with van der Waals surface area (Å²) in [6, 6.07) is 15.1. The standard InChI is InChI=1S/C26H34ClN3O2/c1-3-15-30(16-4-2)26(32)24(17-19-9-11-21(27)12-10-19)29-25(31)18-23-22-8-6-5-7-20(22)13-14-28-23/h5-12,23-24,28H,3-4,13-18H2,1-2H3,(H,29,31). The van der Waals surface area contributed by atoms with E-state index in [0.717, 1.165) is 31.4 Å². The summed E-state index contributed by atoms with van der Waals surface area (Å²) in [5, 5.41) is 7.16. The molecule has 0 aromatic heterocycles. The molecule has 0 saturated heterocycles. The van der Waals surface area contributed by atoms with Crippen molar-refractivity contribution in [3.8, 4) is 0 Å². The molecule has 0 radical (unpaired) electrons. The van der Waals surface area contributed by atoms with Crippen molar-refractivity contribution in [3.63, 3.8) is 0 Å². The number of carbonyl (C=O) groups excluding carboxylic acids is 2. The molecule has 5 nitrogen and oxygen atoms in total. The second-order valence-corrected chi connectivity index (χ2v) is 8.87. The number of nitrogens with zero attached hydrogens (tertiary/aromatic N) is 1. The Kier molecular flexibility index (Phi) is 9.12. The van der Waals surface area contributed by atoms with Crippen LogP contribution in [-0.4, -0.2) is 42.4 Å². The maximum absolute atomic E-state index is 13.4.